The van der Waals surface area contributed by atoms with Crippen molar-refractivity contribution in [2.24, 2.45) is 0 Å². The van der Waals surface area contributed by atoms with E-state index < -0.39 is 0 Å². The largest absolute Gasteiger partial charge is 0.350 e. The maximum absolute atomic E-state index is 8.90. The van der Waals surface area contributed by atoms with E-state index in [4.69, 9.17) is 5.26 Å². The molecule has 0 bridgehead atoms. The summed E-state index contributed by atoms with van der Waals surface area (Å²) in [6.45, 7) is 0. The molecular weight excluding hydrogens is 204 g/mol. The molecule has 0 aromatic heterocycles. The van der Waals surface area contributed by atoms with Gasteiger partial charge < -0.3 is 5.32 Å². The molecule has 0 amide bonds. The Morgan fingerprint density at radius 2 is 2.27 bits per heavy atom. The summed E-state index contributed by atoms with van der Waals surface area (Å²) in [5.41, 5.74) is 3.93. The molecule has 2 heterocycles. The molecule has 1 N–H and O–H groups in total. The summed E-state index contributed by atoms with van der Waals surface area (Å²) in [5.74, 6) is 0. The second-order valence-corrected chi connectivity index (χ2v) is 5.04. The number of fused-ring (bicyclic) bond motifs is 1. The van der Waals surface area contributed by atoms with Gasteiger partial charge in [-0.3, -0.25) is 0 Å². The number of allylic oxidation sites excluding steroid dienone is 1. The average Bonchev–Trinajstić information content (AvgIpc) is 2.67. The van der Waals surface area contributed by atoms with Gasteiger partial charge >= 0.3 is 0 Å². The van der Waals surface area contributed by atoms with Crippen molar-refractivity contribution in [1.29, 1.82) is 5.26 Å². The van der Waals surface area contributed by atoms with Gasteiger partial charge in [-0.25, -0.2) is 0 Å². The molecule has 1 aromatic carbocycles. The Morgan fingerprint density at radius 3 is 3.13 bits per heavy atom. The summed E-state index contributed by atoms with van der Waals surface area (Å²) in [6.07, 6.45) is 1.92. The number of thioether (sulfide) groups is 1. The first-order valence-electron chi connectivity index (χ1n) is 5.00. The van der Waals surface area contributed by atoms with E-state index in [1.165, 1.54) is 21.9 Å². The van der Waals surface area contributed by atoms with E-state index in [0.29, 0.717) is 0 Å². The van der Waals surface area contributed by atoms with E-state index >= 15 is 0 Å². The number of rotatable bonds is 0. The van der Waals surface area contributed by atoms with Gasteiger partial charge in [0.15, 0.2) is 0 Å². The van der Waals surface area contributed by atoms with Gasteiger partial charge in [0.25, 0.3) is 0 Å². The maximum Gasteiger partial charge on any atom is 0.102 e. The molecule has 3 heteroatoms. The maximum atomic E-state index is 8.90. The van der Waals surface area contributed by atoms with Crippen LogP contribution < -0.4 is 5.32 Å². The molecule has 0 fully saturated rings. The SMILES string of the molecule is N#CC1CC2=C(Nc3ccccc3C2)S1. The number of anilines is 1. The molecular formula is C12H10N2S. The Bertz CT molecular complexity index is 448. The molecule has 15 heavy (non-hydrogen) atoms. The molecule has 0 spiro atoms. The monoisotopic (exact) mass is 214 g/mol. The van der Waals surface area contributed by atoms with E-state index in [1.807, 2.05) is 6.07 Å². The van der Waals surface area contributed by atoms with Gasteiger partial charge in [-0.15, -0.1) is 0 Å². The zero-order valence-electron chi connectivity index (χ0n) is 8.16. The topological polar surface area (TPSA) is 35.8 Å². The van der Waals surface area contributed by atoms with Gasteiger partial charge in [0.2, 0.25) is 0 Å². The number of nitriles is 1. The number of benzene rings is 1. The molecule has 1 aromatic rings. The first kappa shape index (κ1) is 8.87. The van der Waals surface area contributed by atoms with Crippen molar-refractivity contribution < 1.29 is 0 Å². The standard InChI is InChI=1S/C12H10N2S/c13-7-10-6-9-5-8-3-1-2-4-11(8)14-12(9)15-10/h1-4,10,14H,5-6H2. The lowest BCUT2D eigenvalue weighted by Gasteiger charge is -2.19. The number of nitrogens with zero attached hydrogens (tertiary/aromatic N) is 1. The van der Waals surface area contributed by atoms with Gasteiger partial charge in [-0.2, -0.15) is 5.26 Å². The third kappa shape index (κ3) is 1.42. The first-order valence-corrected chi connectivity index (χ1v) is 5.88. The summed E-state index contributed by atoms with van der Waals surface area (Å²) in [4.78, 5) is 0. The Hall–Kier alpha value is -1.40. The van der Waals surface area contributed by atoms with Crippen molar-refractivity contribution in [2.45, 2.75) is 18.1 Å². The first-order chi connectivity index (χ1) is 7.36. The van der Waals surface area contributed by atoms with Crippen molar-refractivity contribution in [3.05, 3.63) is 40.4 Å². The van der Waals surface area contributed by atoms with Crippen LogP contribution in [0.2, 0.25) is 0 Å². The number of hydrogen-bond donors (Lipinski definition) is 1. The molecule has 0 saturated carbocycles. The van der Waals surface area contributed by atoms with Crippen LogP contribution in [0.5, 0.6) is 0 Å². The van der Waals surface area contributed by atoms with Gasteiger partial charge in [0, 0.05) is 5.69 Å². The molecule has 0 saturated heterocycles. The smallest absolute Gasteiger partial charge is 0.102 e. The minimum absolute atomic E-state index is 0.108. The van der Waals surface area contributed by atoms with Crippen molar-refractivity contribution in [2.75, 3.05) is 5.32 Å². The van der Waals surface area contributed by atoms with E-state index in [0.717, 1.165) is 12.8 Å². The van der Waals surface area contributed by atoms with Crippen LogP contribution in [0.15, 0.2) is 34.9 Å². The quantitative estimate of drug-likeness (QED) is 0.721. The summed E-state index contributed by atoms with van der Waals surface area (Å²) < 4.78 is 0. The minimum Gasteiger partial charge on any atom is -0.350 e. The normalized spacial score (nSPS) is 22.7. The zero-order chi connectivity index (χ0) is 10.3. The van der Waals surface area contributed by atoms with Gasteiger partial charge in [0.1, 0.15) is 5.25 Å². The Balaban J connectivity index is 1.93. The van der Waals surface area contributed by atoms with Crippen molar-refractivity contribution in [1.82, 2.24) is 0 Å². The van der Waals surface area contributed by atoms with Crippen LogP contribution >= 0.6 is 11.8 Å². The molecule has 2 aliphatic heterocycles. The summed E-state index contributed by atoms with van der Waals surface area (Å²) in [6, 6.07) is 10.7. The third-order valence-corrected chi connectivity index (χ3v) is 4.01. The van der Waals surface area contributed by atoms with Crippen LogP contribution in [0.25, 0.3) is 0 Å². The predicted molar refractivity (Wildman–Crippen MR) is 62.4 cm³/mol. The third-order valence-electron chi connectivity index (χ3n) is 2.83. The Labute approximate surface area is 93.0 Å². The highest BCUT2D eigenvalue weighted by molar-refractivity contribution is 8.04. The Kier molecular flexibility index (Phi) is 1.96. The van der Waals surface area contributed by atoms with Crippen LogP contribution in [0.3, 0.4) is 0 Å². The van der Waals surface area contributed by atoms with Crippen LogP contribution in [-0.4, -0.2) is 5.25 Å². The van der Waals surface area contributed by atoms with Crippen molar-refractivity contribution in [3.8, 4) is 6.07 Å². The van der Waals surface area contributed by atoms with E-state index in [2.05, 4.69) is 29.6 Å². The second kappa shape index (κ2) is 3.32. The fourth-order valence-corrected chi connectivity index (χ4v) is 3.19. The highest BCUT2D eigenvalue weighted by atomic mass is 32.2. The van der Waals surface area contributed by atoms with Gasteiger partial charge in [-0.1, -0.05) is 30.0 Å². The summed E-state index contributed by atoms with van der Waals surface area (Å²) >= 11 is 1.67. The van der Waals surface area contributed by atoms with Crippen LogP contribution in [0.1, 0.15) is 12.0 Å². The lowest BCUT2D eigenvalue weighted by atomic mass is 9.98. The van der Waals surface area contributed by atoms with E-state index in [1.54, 1.807) is 11.8 Å². The molecule has 0 radical (unpaired) electrons. The van der Waals surface area contributed by atoms with E-state index in [-0.39, 0.29) is 5.25 Å². The van der Waals surface area contributed by atoms with Crippen molar-refractivity contribution >= 4 is 17.4 Å². The molecule has 1 unspecified atom stereocenters. The second-order valence-electron chi connectivity index (χ2n) is 3.83. The minimum atomic E-state index is 0.108. The van der Waals surface area contributed by atoms with Gasteiger partial charge in [-0.05, 0) is 30.0 Å². The fraction of sp³-hybridized carbons (Fsp3) is 0.250. The van der Waals surface area contributed by atoms with Crippen LogP contribution in [0.4, 0.5) is 5.69 Å². The number of para-hydroxylation sites is 1. The Morgan fingerprint density at radius 1 is 1.40 bits per heavy atom. The van der Waals surface area contributed by atoms with Crippen LogP contribution in [0, 0.1) is 11.3 Å². The number of nitrogens with one attached hydrogen (secondary N) is 1. The lowest BCUT2D eigenvalue weighted by Crippen LogP contribution is -2.07. The molecule has 2 aliphatic rings. The molecule has 2 nitrogen and oxygen atoms in total. The predicted octanol–water partition coefficient (Wildman–Crippen LogP) is 2.90. The summed E-state index contributed by atoms with van der Waals surface area (Å²) in [7, 11) is 0. The average molecular weight is 214 g/mol. The molecule has 3 rings (SSSR count). The molecule has 0 aliphatic carbocycles. The molecule has 74 valence electrons. The number of hydrogen-bond acceptors (Lipinski definition) is 3. The van der Waals surface area contributed by atoms with E-state index in [9.17, 15) is 0 Å². The summed E-state index contributed by atoms with van der Waals surface area (Å²) in [5, 5.41) is 13.6. The van der Waals surface area contributed by atoms with Crippen molar-refractivity contribution in [3.63, 3.8) is 0 Å². The highest BCUT2D eigenvalue weighted by Crippen LogP contribution is 2.43. The van der Waals surface area contributed by atoms with Gasteiger partial charge in [0.05, 0.1) is 11.1 Å². The molecule has 1 atom stereocenters. The zero-order valence-corrected chi connectivity index (χ0v) is 8.97. The highest BCUT2D eigenvalue weighted by Gasteiger charge is 2.28. The fourth-order valence-electron chi connectivity index (χ4n) is 2.07. The lowest BCUT2D eigenvalue weighted by molar-refractivity contribution is 0.953. The van der Waals surface area contributed by atoms with Crippen LogP contribution in [-0.2, 0) is 6.42 Å².